The number of nitrogens with one attached hydrogen (secondary N) is 1. The third-order valence-corrected chi connectivity index (χ3v) is 4.55. The molecular formula is C19H31NO. The van der Waals surface area contributed by atoms with Gasteiger partial charge < -0.3 is 10.1 Å². The van der Waals surface area contributed by atoms with Gasteiger partial charge in [-0.25, -0.2) is 0 Å². The summed E-state index contributed by atoms with van der Waals surface area (Å²) in [5, 5.41) is 3.78. The highest BCUT2D eigenvalue weighted by atomic mass is 16.5. The number of benzene rings is 1. The third kappa shape index (κ3) is 4.23. The Morgan fingerprint density at radius 1 is 1.19 bits per heavy atom. The van der Waals surface area contributed by atoms with Gasteiger partial charge in [-0.15, -0.1) is 0 Å². The first-order chi connectivity index (χ1) is 10.0. The Morgan fingerprint density at radius 3 is 2.57 bits per heavy atom. The van der Waals surface area contributed by atoms with Crippen LogP contribution in [-0.2, 0) is 4.74 Å². The molecule has 1 N–H and O–H groups in total. The fraction of sp³-hybridized carbons (Fsp3) is 0.684. The summed E-state index contributed by atoms with van der Waals surface area (Å²) >= 11 is 0. The van der Waals surface area contributed by atoms with E-state index in [0.29, 0.717) is 24.0 Å². The van der Waals surface area contributed by atoms with E-state index in [1.54, 1.807) is 0 Å². The van der Waals surface area contributed by atoms with Crippen molar-refractivity contribution in [3.63, 3.8) is 0 Å². The second-order valence-electron chi connectivity index (χ2n) is 6.92. The quantitative estimate of drug-likeness (QED) is 0.794. The molecular weight excluding hydrogens is 258 g/mol. The zero-order valence-electron chi connectivity index (χ0n) is 14.3. The predicted octanol–water partition coefficient (Wildman–Crippen LogP) is 5.30. The van der Waals surface area contributed by atoms with Crippen molar-refractivity contribution < 1.29 is 4.74 Å². The lowest BCUT2D eigenvalue weighted by molar-refractivity contribution is 0.00924. The first-order valence-electron chi connectivity index (χ1n) is 8.53. The standard InChI is InChI=1S/C19H31NO/c1-6-17-12-16(9-10-21-17)20-19-8-7-15(13(2)3)11-18(19)14(4)5/h7-8,11,13-14,16-17,20H,6,9-10,12H2,1-5H3. The van der Waals surface area contributed by atoms with Crippen molar-refractivity contribution in [3.05, 3.63) is 29.3 Å². The number of anilines is 1. The lowest BCUT2D eigenvalue weighted by Gasteiger charge is -2.31. The highest BCUT2D eigenvalue weighted by Crippen LogP contribution is 2.30. The Bertz CT molecular complexity index is 453. The zero-order chi connectivity index (χ0) is 15.4. The molecule has 1 aromatic rings. The Kier molecular flexibility index (Phi) is 5.69. The number of ether oxygens (including phenoxy) is 1. The van der Waals surface area contributed by atoms with Crippen molar-refractivity contribution in [1.29, 1.82) is 0 Å². The van der Waals surface area contributed by atoms with E-state index in [0.717, 1.165) is 25.9 Å². The van der Waals surface area contributed by atoms with Crippen molar-refractivity contribution in [2.24, 2.45) is 0 Å². The first kappa shape index (κ1) is 16.4. The van der Waals surface area contributed by atoms with Crippen LogP contribution in [0.25, 0.3) is 0 Å². The van der Waals surface area contributed by atoms with Crippen LogP contribution in [0.4, 0.5) is 5.69 Å². The smallest absolute Gasteiger partial charge is 0.0592 e. The summed E-state index contributed by atoms with van der Waals surface area (Å²) in [4.78, 5) is 0. The molecule has 0 bridgehead atoms. The minimum absolute atomic E-state index is 0.425. The Morgan fingerprint density at radius 2 is 1.95 bits per heavy atom. The average molecular weight is 289 g/mol. The number of hydrogen-bond acceptors (Lipinski definition) is 2. The molecule has 1 heterocycles. The van der Waals surface area contributed by atoms with Crippen LogP contribution in [0.3, 0.4) is 0 Å². The second kappa shape index (κ2) is 7.31. The summed E-state index contributed by atoms with van der Waals surface area (Å²) in [6.45, 7) is 12.2. The fourth-order valence-corrected chi connectivity index (χ4v) is 3.07. The molecule has 2 nitrogen and oxygen atoms in total. The van der Waals surface area contributed by atoms with E-state index in [-0.39, 0.29) is 0 Å². The lowest BCUT2D eigenvalue weighted by Crippen LogP contribution is -2.34. The summed E-state index contributed by atoms with van der Waals surface area (Å²) in [5.74, 6) is 1.14. The maximum absolute atomic E-state index is 5.78. The topological polar surface area (TPSA) is 21.3 Å². The summed E-state index contributed by atoms with van der Waals surface area (Å²) in [6.07, 6.45) is 3.77. The minimum Gasteiger partial charge on any atom is -0.382 e. The van der Waals surface area contributed by atoms with Crippen molar-refractivity contribution in [2.45, 2.75) is 77.9 Å². The highest BCUT2D eigenvalue weighted by molar-refractivity contribution is 5.55. The maximum atomic E-state index is 5.78. The maximum Gasteiger partial charge on any atom is 0.0592 e. The molecule has 118 valence electrons. The van der Waals surface area contributed by atoms with Gasteiger partial charge >= 0.3 is 0 Å². The molecule has 0 amide bonds. The molecule has 1 aliphatic heterocycles. The molecule has 0 aliphatic carbocycles. The van der Waals surface area contributed by atoms with Crippen LogP contribution in [0, 0.1) is 0 Å². The van der Waals surface area contributed by atoms with E-state index in [1.165, 1.54) is 16.8 Å². The lowest BCUT2D eigenvalue weighted by atomic mass is 9.93. The molecule has 2 rings (SSSR count). The van der Waals surface area contributed by atoms with Crippen molar-refractivity contribution in [2.75, 3.05) is 11.9 Å². The fourth-order valence-electron chi connectivity index (χ4n) is 3.07. The monoisotopic (exact) mass is 289 g/mol. The van der Waals surface area contributed by atoms with Crippen molar-refractivity contribution >= 4 is 5.69 Å². The molecule has 1 saturated heterocycles. The molecule has 1 fully saturated rings. The first-order valence-corrected chi connectivity index (χ1v) is 8.53. The zero-order valence-corrected chi connectivity index (χ0v) is 14.3. The highest BCUT2D eigenvalue weighted by Gasteiger charge is 2.22. The van der Waals surface area contributed by atoms with Gasteiger partial charge in [0.1, 0.15) is 0 Å². The van der Waals surface area contributed by atoms with Gasteiger partial charge in [0.05, 0.1) is 6.10 Å². The molecule has 0 aromatic heterocycles. The molecule has 2 atom stereocenters. The van der Waals surface area contributed by atoms with Crippen molar-refractivity contribution in [3.8, 4) is 0 Å². The van der Waals surface area contributed by atoms with Gasteiger partial charge in [-0.3, -0.25) is 0 Å². The van der Waals surface area contributed by atoms with Gasteiger partial charge in [0.2, 0.25) is 0 Å². The van der Waals surface area contributed by atoms with E-state index in [1.807, 2.05) is 0 Å². The van der Waals surface area contributed by atoms with Gasteiger partial charge in [-0.2, -0.15) is 0 Å². The van der Waals surface area contributed by atoms with E-state index >= 15 is 0 Å². The van der Waals surface area contributed by atoms with Gasteiger partial charge in [0.25, 0.3) is 0 Å². The molecule has 1 aliphatic rings. The summed E-state index contributed by atoms with van der Waals surface area (Å²) in [7, 11) is 0. The molecule has 0 radical (unpaired) electrons. The van der Waals surface area contributed by atoms with Crippen LogP contribution >= 0.6 is 0 Å². The third-order valence-electron chi connectivity index (χ3n) is 4.55. The summed E-state index contributed by atoms with van der Waals surface area (Å²) < 4.78 is 5.78. The van der Waals surface area contributed by atoms with E-state index in [9.17, 15) is 0 Å². The van der Waals surface area contributed by atoms with Crippen LogP contribution in [0.5, 0.6) is 0 Å². The van der Waals surface area contributed by atoms with Crippen LogP contribution in [0.1, 0.15) is 76.8 Å². The number of rotatable bonds is 5. The average Bonchev–Trinajstić information content (AvgIpc) is 2.47. The molecule has 0 saturated carbocycles. The SMILES string of the molecule is CCC1CC(Nc2ccc(C(C)C)cc2C(C)C)CCO1. The summed E-state index contributed by atoms with van der Waals surface area (Å²) in [5.41, 5.74) is 4.19. The minimum atomic E-state index is 0.425. The largest absolute Gasteiger partial charge is 0.382 e. The van der Waals surface area contributed by atoms with Crippen LogP contribution in [0.2, 0.25) is 0 Å². The van der Waals surface area contributed by atoms with Gasteiger partial charge in [-0.05, 0) is 48.3 Å². The van der Waals surface area contributed by atoms with Gasteiger partial charge in [0.15, 0.2) is 0 Å². The Hall–Kier alpha value is -1.02. The summed E-state index contributed by atoms with van der Waals surface area (Å²) in [6, 6.07) is 7.48. The van der Waals surface area contributed by atoms with Crippen LogP contribution < -0.4 is 5.32 Å². The number of hydrogen-bond donors (Lipinski definition) is 1. The van der Waals surface area contributed by atoms with Crippen molar-refractivity contribution in [1.82, 2.24) is 0 Å². The van der Waals surface area contributed by atoms with Gasteiger partial charge in [-0.1, -0.05) is 46.8 Å². The van der Waals surface area contributed by atoms with Gasteiger partial charge in [0, 0.05) is 18.3 Å². The molecule has 1 aromatic carbocycles. The second-order valence-corrected chi connectivity index (χ2v) is 6.92. The molecule has 2 unspecified atom stereocenters. The Balaban J connectivity index is 2.15. The molecule has 2 heteroatoms. The normalized spacial score (nSPS) is 22.8. The van der Waals surface area contributed by atoms with Crippen LogP contribution in [-0.4, -0.2) is 18.8 Å². The van der Waals surface area contributed by atoms with E-state index < -0.39 is 0 Å². The van der Waals surface area contributed by atoms with E-state index in [2.05, 4.69) is 58.1 Å². The molecule has 0 spiro atoms. The van der Waals surface area contributed by atoms with Crippen LogP contribution in [0.15, 0.2) is 18.2 Å². The molecule has 21 heavy (non-hydrogen) atoms. The predicted molar refractivity (Wildman–Crippen MR) is 91.3 cm³/mol. The van der Waals surface area contributed by atoms with E-state index in [4.69, 9.17) is 4.74 Å². The Labute approximate surface area is 130 Å².